The maximum Gasteiger partial charge on any atom is 0.488 e. The quantitative estimate of drug-likeness (QED) is 0.309. The van der Waals surface area contributed by atoms with Crippen molar-refractivity contribution >= 4 is 48.7 Å². The fourth-order valence-electron chi connectivity index (χ4n) is 2.49. The fourth-order valence-corrected chi connectivity index (χ4v) is 2.49. The van der Waals surface area contributed by atoms with Gasteiger partial charge in [0.25, 0.3) is 0 Å². The molecule has 0 atom stereocenters. The Kier molecular flexibility index (Phi) is 8.06. The molecule has 0 aliphatic carbocycles. The summed E-state index contributed by atoms with van der Waals surface area (Å²) in [7, 11) is -0.623. The minimum atomic E-state index is -1.59. The van der Waals surface area contributed by atoms with E-state index in [1.165, 1.54) is 6.07 Å². The predicted octanol–water partition coefficient (Wildman–Crippen LogP) is -0.259. The van der Waals surface area contributed by atoms with E-state index in [-0.39, 0.29) is 24.7 Å². The highest BCUT2D eigenvalue weighted by atomic mass is 16.4. The first-order valence-corrected chi connectivity index (χ1v) is 8.61. The zero-order valence-electron chi connectivity index (χ0n) is 14.8. The van der Waals surface area contributed by atoms with Crippen LogP contribution >= 0.6 is 0 Å². The molecule has 9 heteroatoms. The zero-order chi connectivity index (χ0) is 19.6. The standard InChI is InChI=1S/C18H21B2N2O5/c23-17(21-15-7-3-5-13(11-15)19-25)9-1-2-10-18(24)22-16-8-4-6-14(12-16)20(26)27/h3-8,11-12,25-27H,1-2,9-10H2,(H,21,23)(H,22,24). The van der Waals surface area contributed by atoms with Gasteiger partial charge in [0.05, 0.1) is 0 Å². The molecule has 0 aliphatic heterocycles. The van der Waals surface area contributed by atoms with Crippen molar-refractivity contribution < 1.29 is 24.7 Å². The molecule has 2 rings (SSSR count). The number of carbonyl (C=O) groups is 2. The van der Waals surface area contributed by atoms with Crippen molar-refractivity contribution in [3.05, 3.63) is 48.5 Å². The van der Waals surface area contributed by atoms with Gasteiger partial charge < -0.3 is 25.7 Å². The molecule has 27 heavy (non-hydrogen) atoms. The third-order valence-corrected chi connectivity index (χ3v) is 3.85. The smallest absolute Gasteiger partial charge is 0.450 e. The first kappa shape index (κ1) is 20.7. The van der Waals surface area contributed by atoms with Gasteiger partial charge in [-0.2, -0.15) is 0 Å². The first-order valence-electron chi connectivity index (χ1n) is 8.61. The van der Waals surface area contributed by atoms with Gasteiger partial charge in [0.2, 0.25) is 11.8 Å². The van der Waals surface area contributed by atoms with Crippen LogP contribution in [0.4, 0.5) is 11.4 Å². The summed E-state index contributed by atoms with van der Waals surface area (Å²) in [6.07, 6.45) is 1.65. The van der Waals surface area contributed by atoms with E-state index in [0.29, 0.717) is 35.1 Å². The fraction of sp³-hybridized carbons (Fsp3) is 0.222. The zero-order valence-corrected chi connectivity index (χ0v) is 14.8. The van der Waals surface area contributed by atoms with E-state index in [4.69, 9.17) is 15.1 Å². The Hall–Kier alpha value is -2.61. The molecule has 0 fully saturated rings. The number of nitrogens with one attached hydrogen (secondary N) is 2. The minimum Gasteiger partial charge on any atom is -0.450 e. The van der Waals surface area contributed by atoms with Crippen LogP contribution in [-0.2, 0) is 9.59 Å². The van der Waals surface area contributed by atoms with Crippen LogP contribution in [0.1, 0.15) is 25.7 Å². The monoisotopic (exact) mass is 367 g/mol. The third-order valence-electron chi connectivity index (χ3n) is 3.85. The van der Waals surface area contributed by atoms with E-state index in [1.54, 1.807) is 42.5 Å². The summed E-state index contributed by atoms with van der Waals surface area (Å²) in [4.78, 5) is 23.9. The molecule has 0 unspecified atom stereocenters. The Morgan fingerprint density at radius 1 is 0.889 bits per heavy atom. The van der Waals surface area contributed by atoms with Gasteiger partial charge in [-0.15, -0.1) is 0 Å². The van der Waals surface area contributed by atoms with Crippen LogP contribution in [0, 0.1) is 0 Å². The lowest BCUT2D eigenvalue weighted by atomic mass is 9.80. The average molecular weight is 367 g/mol. The van der Waals surface area contributed by atoms with Gasteiger partial charge in [-0.1, -0.05) is 29.7 Å². The SMILES string of the molecule is O=C(CCCCC(=O)Nc1cccc(B(O)O)c1)Nc1cccc([B]O)c1. The van der Waals surface area contributed by atoms with Gasteiger partial charge in [-0.25, -0.2) is 0 Å². The van der Waals surface area contributed by atoms with E-state index < -0.39 is 7.12 Å². The molecule has 1 radical (unpaired) electrons. The van der Waals surface area contributed by atoms with E-state index in [1.807, 2.05) is 0 Å². The van der Waals surface area contributed by atoms with Crippen LogP contribution in [-0.4, -0.2) is 41.5 Å². The molecule has 5 N–H and O–H groups in total. The second-order valence-corrected chi connectivity index (χ2v) is 6.06. The lowest BCUT2D eigenvalue weighted by Crippen LogP contribution is -2.30. The van der Waals surface area contributed by atoms with Crippen molar-refractivity contribution in [3.8, 4) is 0 Å². The van der Waals surface area contributed by atoms with E-state index in [0.717, 1.165) is 7.48 Å². The Labute approximate surface area is 158 Å². The van der Waals surface area contributed by atoms with E-state index in [2.05, 4.69) is 10.6 Å². The summed E-state index contributed by atoms with van der Waals surface area (Å²) in [5.41, 5.74) is 1.99. The molecule has 7 nitrogen and oxygen atoms in total. The molecule has 0 bridgehead atoms. The van der Waals surface area contributed by atoms with E-state index in [9.17, 15) is 9.59 Å². The van der Waals surface area contributed by atoms with Crippen LogP contribution in [0.3, 0.4) is 0 Å². The number of anilines is 2. The maximum atomic E-state index is 11.9. The van der Waals surface area contributed by atoms with Crippen molar-refractivity contribution in [3.63, 3.8) is 0 Å². The summed E-state index contributed by atoms with van der Waals surface area (Å²) < 4.78 is 0. The molecule has 0 spiro atoms. The molecule has 0 aliphatic rings. The second kappa shape index (κ2) is 10.5. The molecule has 0 heterocycles. The Morgan fingerprint density at radius 2 is 1.44 bits per heavy atom. The Morgan fingerprint density at radius 3 is 2.00 bits per heavy atom. The predicted molar refractivity (Wildman–Crippen MR) is 106 cm³/mol. The largest absolute Gasteiger partial charge is 0.488 e. The van der Waals surface area contributed by atoms with Crippen LogP contribution < -0.4 is 21.6 Å². The van der Waals surface area contributed by atoms with Gasteiger partial charge in [0, 0.05) is 24.2 Å². The molecule has 2 amide bonds. The maximum absolute atomic E-state index is 11.9. The van der Waals surface area contributed by atoms with Gasteiger partial charge >= 0.3 is 14.6 Å². The third kappa shape index (κ3) is 7.26. The lowest BCUT2D eigenvalue weighted by molar-refractivity contribution is -0.118. The molecule has 2 aromatic carbocycles. The lowest BCUT2D eigenvalue weighted by Gasteiger charge is -2.08. The van der Waals surface area contributed by atoms with Crippen molar-refractivity contribution in [1.29, 1.82) is 0 Å². The molecule has 0 aromatic heterocycles. The van der Waals surface area contributed by atoms with Gasteiger partial charge in [-0.3, -0.25) is 9.59 Å². The highest BCUT2D eigenvalue weighted by Crippen LogP contribution is 2.09. The second-order valence-electron chi connectivity index (χ2n) is 6.06. The molecule has 0 saturated heterocycles. The van der Waals surface area contributed by atoms with Crippen molar-refractivity contribution in [2.75, 3.05) is 10.6 Å². The Balaban J connectivity index is 1.69. The molecule has 139 valence electrons. The number of unbranched alkanes of at least 4 members (excludes halogenated alkanes) is 1. The summed E-state index contributed by atoms with van der Waals surface area (Å²) in [6.45, 7) is 0. The molecule has 0 saturated carbocycles. The number of hydrogen-bond donors (Lipinski definition) is 5. The summed E-state index contributed by atoms with van der Waals surface area (Å²) >= 11 is 0. The van der Waals surface area contributed by atoms with Gasteiger partial charge in [0.15, 0.2) is 0 Å². The van der Waals surface area contributed by atoms with Crippen molar-refractivity contribution in [1.82, 2.24) is 0 Å². The molecule has 2 aromatic rings. The normalized spacial score (nSPS) is 10.2. The summed E-state index contributed by atoms with van der Waals surface area (Å²) in [5, 5.41) is 32.7. The topological polar surface area (TPSA) is 119 Å². The van der Waals surface area contributed by atoms with Crippen LogP contribution in [0.5, 0.6) is 0 Å². The molecular formula is C18H21B2N2O5. The number of hydrogen-bond acceptors (Lipinski definition) is 5. The summed E-state index contributed by atoms with van der Waals surface area (Å²) in [6, 6.07) is 13.2. The van der Waals surface area contributed by atoms with Crippen molar-refractivity contribution in [2.45, 2.75) is 25.7 Å². The number of carbonyl (C=O) groups excluding carboxylic acids is 2. The first-order chi connectivity index (χ1) is 13.0. The van der Waals surface area contributed by atoms with Gasteiger partial charge in [-0.05, 0) is 42.6 Å². The number of amides is 2. The van der Waals surface area contributed by atoms with E-state index >= 15 is 0 Å². The highest BCUT2D eigenvalue weighted by molar-refractivity contribution is 6.58. The van der Waals surface area contributed by atoms with Crippen LogP contribution in [0.25, 0.3) is 0 Å². The number of rotatable bonds is 9. The minimum absolute atomic E-state index is 0.157. The van der Waals surface area contributed by atoms with Crippen LogP contribution in [0.15, 0.2) is 48.5 Å². The molecular weight excluding hydrogens is 346 g/mol. The average Bonchev–Trinajstić information content (AvgIpc) is 2.65. The van der Waals surface area contributed by atoms with Crippen LogP contribution in [0.2, 0.25) is 0 Å². The highest BCUT2D eigenvalue weighted by Gasteiger charge is 2.11. The van der Waals surface area contributed by atoms with Gasteiger partial charge in [0.1, 0.15) is 0 Å². The summed E-state index contributed by atoms with van der Waals surface area (Å²) in [5.74, 6) is -0.360. The number of benzene rings is 2. The Bertz CT molecular complexity index is 786. The van der Waals surface area contributed by atoms with Crippen molar-refractivity contribution in [2.24, 2.45) is 0 Å².